The summed E-state index contributed by atoms with van der Waals surface area (Å²) in [6.07, 6.45) is 12.7. The van der Waals surface area contributed by atoms with Crippen molar-refractivity contribution in [3.63, 3.8) is 0 Å². The van der Waals surface area contributed by atoms with Gasteiger partial charge in [-0.2, -0.15) is 5.10 Å². The van der Waals surface area contributed by atoms with Crippen molar-refractivity contribution < 1.29 is 0 Å². The summed E-state index contributed by atoms with van der Waals surface area (Å²) in [4.78, 5) is 17.7. The molecule has 4 aromatic rings. The zero-order valence-corrected chi connectivity index (χ0v) is 18.2. The highest BCUT2D eigenvalue weighted by atomic mass is 32.1. The summed E-state index contributed by atoms with van der Waals surface area (Å²) in [6, 6.07) is 4.11. The largest absolute Gasteiger partial charge is 0.340 e. The molecule has 4 rings (SSSR count). The van der Waals surface area contributed by atoms with E-state index in [9.17, 15) is 0 Å². The Balaban J connectivity index is 1.71. The molecule has 0 aliphatic heterocycles. The van der Waals surface area contributed by atoms with Gasteiger partial charge in [0, 0.05) is 33.8 Å². The molecule has 6 nitrogen and oxygen atoms in total. The predicted octanol–water partition coefficient (Wildman–Crippen LogP) is 3.87. The van der Waals surface area contributed by atoms with Gasteiger partial charge in [0.1, 0.15) is 5.69 Å². The molecule has 4 aromatic heterocycles. The van der Waals surface area contributed by atoms with Crippen LogP contribution in [0, 0.1) is 6.92 Å². The molecule has 0 saturated heterocycles. The van der Waals surface area contributed by atoms with E-state index in [0.717, 1.165) is 43.7 Å². The SMILES string of the molecule is C=C/C=C(/c1cccs1)c1nc(-c2n[nH]/c(=C/C=C(\C)c3cnccn3)c2=C)[nH]c1C. The molecule has 0 radical (unpaired) electrons. The molecule has 0 aliphatic rings. The number of imidazole rings is 1. The highest BCUT2D eigenvalue weighted by Crippen LogP contribution is 2.29. The summed E-state index contributed by atoms with van der Waals surface area (Å²) in [6.45, 7) is 12.0. The van der Waals surface area contributed by atoms with Crippen molar-refractivity contribution in [1.82, 2.24) is 30.1 Å². The predicted molar refractivity (Wildman–Crippen MR) is 127 cm³/mol. The van der Waals surface area contributed by atoms with E-state index in [1.54, 1.807) is 36.0 Å². The van der Waals surface area contributed by atoms with Crippen molar-refractivity contribution in [2.45, 2.75) is 13.8 Å². The van der Waals surface area contributed by atoms with Gasteiger partial charge in [0.15, 0.2) is 5.82 Å². The minimum atomic E-state index is 0.676. The highest BCUT2D eigenvalue weighted by molar-refractivity contribution is 7.11. The number of nitrogens with one attached hydrogen (secondary N) is 2. The minimum absolute atomic E-state index is 0.676. The van der Waals surface area contributed by atoms with Crippen LogP contribution in [0.3, 0.4) is 0 Å². The fraction of sp³-hybridized carbons (Fsp3) is 0.0833. The Morgan fingerprint density at radius 3 is 2.81 bits per heavy atom. The first kappa shape index (κ1) is 20.4. The lowest BCUT2D eigenvalue weighted by molar-refractivity contribution is 1.05. The molecule has 0 atom stereocenters. The van der Waals surface area contributed by atoms with Crippen LogP contribution in [0.4, 0.5) is 0 Å². The number of aromatic nitrogens is 6. The van der Waals surface area contributed by atoms with Crippen LogP contribution in [-0.4, -0.2) is 30.1 Å². The van der Waals surface area contributed by atoms with Gasteiger partial charge < -0.3 is 4.98 Å². The zero-order valence-electron chi connectivity index (χ0n) is 17.4. The number of aromatic amines is 2. The van der Waals surface area contributed by atoms with Gasteiger partial charge in [0.05, 0.1) is 22.9 Å². The second-order valence-electron chi connectivity index (χ2n) is 6.92. The lowest BCUT2D eigenvalue weighted by Crippen LogP contribution is -2.21. The maximum Gasteiger partial charge on any atom is 0.159 e. The maximum absolute atomic E-state index is 4.84. The molecule has 4 heterocycles. The molecular weight excluding hydrogens is 404 g/mol. The maximum atomic E-state index is 4.84. The molecule has 154 valence electrons. The molecule has 0 amide bonds. The van der Waals surface area contributed by atoms with E-state index in [-0.39, 0.29) is 0 Å². The number of aryl methyl sites for hydroxylation is 1. The summed E-state index contributed by atoms with van der Waals surface area (Å²) in [5, 5.41) is 11.1. The van der Waals surface area contributed by atoms with E-state index < -0.39 is 0 Å². The molecule has 0 fully saturated rings. The molecule has 0 spiro atoms. The molecule has 0 aliphatic carbocycles. The van der Waals surface area contributed by atoms with Gasteiger partial charge in [-0.3, -0.25) is 15.1 Å². The van der Waals surface area contributed by atoms with E-state index in [1.807, 2.05) is 38.1 Å². The first-order valence-electron chi connectivity index (χ1n) is 9.70. The van der Waals surface area contributed by atoms with E-state index >= 15 is 0 Å². The third-order valence-electron chi connectivity index (χ3n) is 4.80. The van der Waals surface area contributed by atoms with E-state index in [2.05, 4.69) is 49.8 Å². The Bertz CT molecular complexity index is 1370. The Morgan fingerprint density at radius 1 is 1.23 bits per heavy atom. The summed E-state index contributed by atoms with van der Waals surface area (Å²) >= 11 is 1.67. The summed E-state index contributed by atoms with van der Waals surface area (Å²) in [7, 11) is 0. The average Bonchev–Trinajstić information content (AvgIpc) is 3.52. The quantitative estimate of drug-likeness (QED) is 0.459. The topological polar surface area (TPSA) is 83.1 Å². The van der Waals surface area contributed by atoms with E-state index in [0.29, 0.717) is 11.5 Å². The third kappa shape index (κ3) is 4.22. The van der Waals surface area contributed by atoms with Gasteiger partial charge in [-0.05, 0) is 36.9 Å². The van der Waals surface area contributed by atoms with Crippen molar-refractivity contribution in [2.24, 2.45) is 0 Å². The Labute approximate surface area is 184 Å². The van der Waals surface area contributed by atoms with Gasteiger partial charge in [-0.15, -0.1) is 11.3 Å². The number of allylic oxidation sites excluding steroid dienone is 4. The smallest absolute Gasteiger partial charge is 0.159 e. The minimum Gasteiger partial charge on any atom is -0.340 e. The monoisotopic (exact) mass is 426 g/mol. The van der Waals surface area contributed by atoms with Crippen LogP contribution in [0.5, 0.6) is 0 Å². The fourth-order valence-electron chi connectivity index (χ4n) is 3.17. The molecule has 0 unspecified atom stereocenters. The van der Waals surface area contributed by atoms with Crippen LogP contribution in [0.15, 0.2) is 60.9 Å². The van der Waals surface area contributed by atoms with Gasteiger partial charge in [0.2, 0.25) is 0 Å². The van der Waals surface area contributed by atoms with Crippen molar-refractivity contribution in [1.29, 1.82) is 0 Å². The van der Waals surface area contributed by atoms with Crippen LogP contribution in [0.25, 0.3) is 35.3 Å². The van der Waals surface area contributed by atoms with Crippen molar-refractivity contribution in [2.75, 3.05) is 0 Å². The molecule has 2 N–H and O–H groups in total. The zero-order chi connectivity index (χ0) is 21.8. The first-order valence-corrected chi connectivity index (χ1v) is 10.6. The standard InChI is InChI=1S/C24H22N6S/c1-5-7-18(21-8-6-13-31-21)23-17(4)27-24(28-23)22-16(3)19(29-30-22)10-9-15(2)20-14-25-11-12-26-20/h5-14,29H,1,3H2,2,4H3,(H,27,28)/b15-9+,18-7-,19-10+. The van der Waals surface area contributed by atoms with Gasteiger partial charge in [0.25, 0.3) is 0 Å². The normalized spacial score (nSPS) is 13.0. The number of H-pyrrole nitrogens is 2. The average molecular weight is 427 g/mol. The fourth-order valence-corrected chi connectivity index (χ4v) is 3.92. The Kier molecular flexibility index (Phi) is 5.86. The molecule has 0 bridgehead atoms. The lowest BCUT2D eigenvalue weighted by atomic mass is 10.1. The summed E-state index contributed by atoms with van der Waals surface area (Å²) in [5.74, 6) is 0.676. The van der Waals surface area contributed by atoms with Crippen LogP contribution >= 0.6 is 11.3 Å². The summed E-state index contributed by atoms with van der Waals surface area (Å²) < 4.78 is 0. The van der Waals surface area contributed by atoms with E-state index in [1.165, 1.54) is 0 Å². The number of rotatable bonds is 6. The Hall–Kier alpha value is -3.84. The third-order valence-corrected chi connectivity index (χ3v) is 5.70. The van der Waals surface area contributed by atoms with Crippen molar-refractivity contribution in [3.8, 4) is 11.5 Å². The van der Waals surface area contributed by atoms with Gasteiger partial charge in [-0.25, -0.2) is 4.98 Å². The molecule has 7 heteroatoms. The van der Waals surface area contributed by atoms with Gasteiger partial charge >= 0.3 is 0 Å². The summed E-state index contributed by atoms with van der Waals surface area (Å²) in [5.41, 5.74) is 5.38. The lowest BCUT2D eigenvalue weighted by Gasteiger charge is -2.01. The van der Waals surface area contributed by atoms with Gasteiger partial charge in [-0.1, -0.05) is 37.5 Å². The van der Waals surface area contributed by atoms with Crippen LogP contribution < -0.4 is 10.6 Å². The second kappa shape index (κ2) is 8.89. The van der Waals surface area contributed by atoms with Crippen molar-refractivity contribution in [3.05, 3.63) is 93.4 Å². The molecular formula is C24H22N6S. The number of nitrogens with zero attached hydrogens (tertiary/aromatic N) is 4. The van der Waals surface area contributed by atoms with Crippen LogP contribution in [-0.2, 0) is 0 Å². The van der Waals surface area contributed by atoms with Crippen molar-refractivity contribution >= 4 is 35.1 Å². The first-order chi connectivity index (χ1) is 15.1. The molecule has 0 aromatic carbocycles. The number of hydrogen-bond donors (Lipinski definition) is 2. The number of hydrogen-bond acceptors (Lipinski definition) is 5. The highest BCUT2D eigenvalue weighted by Gasteiger charge is 2.16. The molecule has 0 saturated carbocycles. The molecule has 31 heavy (non-hydrogen) atoms. The Morgan fingerprint density at radius 2 is 2.10 bits per heavy atom. The second-order valence-corrected chi connectivity index (χ2v) is 7.87. The number of thiophene rings is 1. The van der Waals surface area contributed by atoms with E-state index in [4.69, 9.17) is 4.98 Å². The van der Waals surface area contributed by atoms with Crippen LogP contribution in [0.2, 0.25) is 0 Å². The van der Waals surface area contributed by atoms with Crippen LogP contribution in [0.1, 0.15) is 28.9 Å².